The third-order valence-electron chi connectivity index (χ3n) is 8.43. The van der Waals surface area contributed by atoms with Gasteiger partial charge in [0.1, 0.15) is 0 Å². The molecule has 0 bridgehead atoms. The fraction of sp³-hybridized carbons (Fsp3) is 0.600. The summed E-state index contributed by atoms with van der Waals surface area (Å²) < 4.78 is 43.8. The highest BCUT2D eigenvalue weighted by molar-refractivity contribution is 5.97. The highest BCUT2D eigenvalue weighted by Crippen LogP contribution is 2.39. The lowest BCUT2D eigenvalue weighted by Gasteiger charge is -2.32. The van der Waals surface area contributed by atoms with E-state index in [1.165, 1.54) is 12.1 Å². The minimum atomic E-state index is -4.49. The van der Waals surface area contributed by atoms with Gasteiger partial charge in [-0.15, -0.1) is 0 Å². The number of aliphatic carboxylic acids is 1. The van der Waals surface area contributed by atoms with Gasteiger partial charge in [-0.3, -0.25) is 9.59 Å². The Morgan fingerprint density at radius 2 is 1.61 bits per heavy atom. The van der Waals surface area contributed by atoms with Crippen LogP contribution < -0.4 is 5.32 Å². The number of hydrogen-bond acceptors (Lipinski definition) is 2. The van der Waals surface area contributed by atoms with E-state index >= 15 is 0 Å². The zero-order valence-corrected chi connectivity index (χ0v) is 22.9. The van der Waals surface area contributed by atoms with Crippen molar-refractivity contribution in [2.45, 2.75) is 97.3 Å². The van der Waals surface area contributed by atoms with Crippen LogP contribution >= 0.6 is 0 Å². The van der Waals surface area contributed by atoms with E-state index in [1.54, 1.807) is 6.07 Å². The summed E-state index contributed by atoms with van der Waals surface area (Å²) >= 11 is 0. The van der Waals surface area contributed by atoms with E-state index < -0.39 is 29.0 Å². The van der Waals surface area contributed by atoms with Gasteiger partial charge in [0.25, 0.3) is 5.91 Å². The van der Waals surface area contributed by atoms with Gasteiger partial charge in [0.15, 0.2) is 0 Å². The lowest BCUT2D eigenvalue weighted by molar-refractivity contribution is -0.145. The van der Waals surface area contributed by atoms with Gasteiger partial charge in [0, 0.05) is 24.0 Å². The molecule has 0 atom stereocenters. The SMILES string of the molecule is Cc1c(C(=O)NC2CC(C(=O)O)C2)cc(-c2cc(C(C)(C)C)cc(C(F)(F)F)c2)n1CC1CCC(C)CC1. The lowest BCUT2D eigenvalue weighted by atomic mass is 9.80. The molecule has 1 aromatic heterocycles. The van der Waals surface area contributed by atoms with Crippen LogP contribution in [0.3, 0.4) is 0 Å². The van der Waals surface area contributed by atoms with Gasteiger partial charge in [0.05, 0.1) is 17.0 Å². The topological polar surface area (TPSA) is 71.3 Å². The molecule has 0 aliphatic heterocycles. The Hall–Kier alpha value is -2.77. The van der Waals surface area contributed by atoms with E-state index in [4.69, 9.17) is 5.11 Å². The number of hydrogen-bond donors (Lipinski definition) is 2. The molecule has 0 unspecified atom stereocenters. The molecule has 1 aromatic carbocycles. The zero-order chi connectivity index (χ0) is 28.0. The number of halogens is 3. The molecule has 8 heteroatoms. The Kier molecular flexibility index (Phi) is 7.74. The number of carbonyl (C=O) groups excluding carboxylic acids is 1. The quantitative estimate of drug-likeness (QED) is 0.413. The van der Waals surface area contributed by atoms with Crippen LogP contribution in [-0.2, 0) is 22.9 Å². The van der Waals surface area contributed by atoms with Gasteiger partial charge in [-0.25, -0.2) is 0 Å². The first-order valence-corrected chi connectivity index (χ1v) is 13.6. The summed E-state index contributed by atoms with van der Waals surface area (Å²) in [5, 5.41) is 12.1. The summed E-state index contributed by atoms with van der Waals surface area (Å²) in [5.41, 5.74) is 1.60. The van der Waals surface area contributed by atoms with Gasteiger partial charge >= 0.3 is 12.1 Å². The maximum absolute atomic E-state index is 13.9. The maximum atomic E-state index is 13.9. The second-order valence-electron chi connectivity index (χ2n) is 12.5. The molecule has 2 N–H and O–H groups in total. The van der Waals surface area contributed by atoms with Crippen molar-refractivity contribution >= 4 is 11.9 Å². The monoisotopic (exact) mass is 532 g/mol. The van der Waals surface area contributed by atoms with Crippen molar-refractivity contribution in [3.05, 3.63) is 46.6 Å². The summed E-state index contributed by atoms with van der Waals surface area (Å²) in [6.45, 7) is 10.4. The standard InChI is InChI=1S/C30H39F3N2O3/c1-17-6-8-19(9-7-17)16-35-18(2)25(27(36)34-24-12-21(13-24)28(37)38)15-26(35)20-10-22(29(3,4)5)14-23(11-20)30(31,32)33/h10-11,14-15,17,19,21,24H,6-9,12-13,16H2,1-5H3,(H,34,36)(H,37,38). The Morgan fingerprint density at radius 1 is 1.00 bits per heavy atom. The minimum absolute atomic E-state index is 0.212. The van der Waals surface area contributed by atoms with E-state index in [0.717, 1.165) is 31.4 Å². The molecule has 2 fully saturated rings. The second kappa shape index (κ2) is 10.4. The largest absolute Gasteiger partial charge is 0.481 e. The molecule has 38 heavy (non-hydrogen) atoms. The van der Waals surface area contributed by atoms with Crippen molar-refractivity contribution < 1.29 is 27.9 Å². The van der Waals surface area contributed by atoms with E-state index in [0.29, 0.717) is 53.6 Å². The number of aromatic nitrogens is 1. The first-order valence-electron chi connectivity index (χ1n) is 13.6. The molecule has 1 heterocycles. The van der Waals surface area contributed by atoms with Crippen LogP contribution in [0.4, 0.5) is 13.2 Å². The van der Waals surface area contributed by atoms with Crippen LogP contribution in [0.25, 0.3) is 11.3 Å². The van der Waals surface area contributed by atoms with Crippen LogP contribution in [0.1, 0.15) is 93.4 Å². The second-order valence-corrected chi connectivity index (χ2v) is 12.5. The number of rotatable bonds is 6. The molecule has 208 valence electrons. The van der Waals surface area contributed by atoms with Crippen molar-refractivity contribution in [1.29, 1.82) is 0 Å². The van der Waals surface area contributed by atoms with Gasteiger partial charge < -0.3 is 15.0 Å². The number of benzene rings is 1. The first kappa shape index (κ1) is 28.2. The van der Waals surface area contributed by atoms with Crippen LogP contribution in [0.5, 0.6) is 0 Å². The van der Waals surface area contributed by atoms with Crippen molar-refractivity contribution in [2.24, 2.45) is 17.8 Å². The smallest absolute Gasteiger partial charge is 0.416 e. The molecule has 2 aliphatic rings. The number of nitrogens with zero attached hydrogens (tertiary/aromatic N) is 1. The van der Waals surface area contributed by atoms with E-state index in [-0.39, 0.29) is 11.9 Å². The summed E-state index contributed by atoms with van der Waals surface area (Å²) in [6, 6.07) is 5.72. The van der Waals surface area contributed by atoms with Crippen LogP contribution in [0, 0.1) is 24.7 Å². The predicted octanol–water partition coefficient (Wildman–Crippen LogP) is 7.20. The van der Waals surface area contributed by atoms with Crippen molar-refractivity contribution in [1.82, 2.24) is 9.88 Å². The van der Waals surface area contributed by atoms with Gasteiger partial charge in [0.2, 0.25) is 0 Å². The normalized spacial score (nSPS) is 24.1. The van der Waals surface area contributed by atoms with E-state index in [9.17, 15) is 22.8 Å². The zero-order valence-electron chi connectivity index (χ0n) is 22.9. The molecular weight excluding hydrogens is 493 g/mol. The van der Waals surface area contributed by atoms with E-state index in [1.807, 2.05) is 38.3 Å². The van der Waals surface area contributed by atoms with Crippen LogP contribution in [0.15, 0.2) is 24.3 Å². The summed E-state index contributed by atoms with van der Waals surface area (Å²) in [5.74, 6) is -0.551. The molecule has 0 saturated heterocycles. The molecule has 2 aliphatic carbocycles. The summed E-state index contributed by atoms with van der Waals surface area (Å²) in [4.78, 5) is 24.4. The van der Waals surface area contributed by atoms with Crippen molar-refractivity contribution in [3.63, 3.8) is 0 Å². The molecule has 1 amide bonds. The Balaban J connectivity index is 1.74. The Labute approximate surface area is 222 Å². The maximum Gasteiger partial charge on any atom is 0.416 e. The third-order valence-corrected chi connectivity index (χ3v) is 8.43. The fourth-order valence-corrected chi connectivity index (χ4v) is 5.69. The molecule has 2 saturated carbocycles. The Morgan fingerprint density at radius 3 is 2.16 bits per heavy atom. The lowest BCUT2D eigenvalue weighted by Crippen LogP contribution is -2.46. The number of carboxylic acid groups (broad SMARTS) is 1. The van der Waals surface area contributed by atoms with Gasteiger partial charge in [-0.2, -0.15) is 13.2 Å². The number of amides is 1. The molecule has 0 radical (unpaired) electrons. The highest BCUT2D eigenvalue weighted by atomic mass is 19.4. The van der Waals surface area contributed by atoms with Crippen molar-refractivity contribution in [3.8, 4) is 11.3 Å². The van der Waals surface area contributed by atoms with Crippen molar-refractivity contribution in [2.75, 3.05) is 0 Å². The number of alkyl halides is 3. The molecule has 5 nitrogen and oxygen atoms in total. The van der Waals surface area contributed by atoms with E-state index in [2.05, 4.69) is 12.2 Å². The highest BCUT2D eigenvalue weighted by Gasteiger charge is 2.36. The molecule has 0 spiro atoms. The fourth-order valence-electron chi connectivity index (χ4n) is 5.69. The molecular formula is C30H39F3N2O3. The average Bonchev–Trinajstić information content (AvgIpc) is 3.11. The average molecular weight is 533 g/mol. The first-order chi connectivity index (χ1) is 17.6. The minimum Gasteiger partial charge on any atom is -0.481 e. The number of carbonyl (C=O) groups is 2. The Bertz CT molecular complexity index is 1160. The number of carboxylic acids is 1. The van der Waals surface area contributed by atoms with Gasteiger partial charge in [-0.05, 0) is 85.3 Å². The van der Waals surface area contributed by atoms with Crippen LogP contribution in [0.2, 0.25) is 0 Å². The predicted molar refractivity (Wildman–Crippen MR) is 141 cm³/mol. The molecule has 2 aromatic rings. The number of nitrogens with one attached hydrogen (secondary N) is 1. The third kappa shape index (κ3) is 6.10. The molecule has 4 rings (SSSR count). The van der Waals surface area contributed by atoms with Gasteiger partial charge in [-0.1, -0.05) is 40.5 Å². The van der Waals surface area contributed by atoms with Crippen LogP contribution in [-0.4, -0.2) is 27.6 Å². The summed E-state index contributed by atoms with van der Waals surface area (Å²) in [7, 11) is 0. The summed E-state index contributed by atoms with van der Waals surface area (Å²) in [6.07, 6.45) is 0.623.